The number of rotatable bonds is 4. The predicted octanol–water partition coefficient (Wildman–Crippen LogP) is 3.07. The highest BCUT2D eigenvalue weighted by molar-refractivity contribution is 7.90. The molecule has 0 spiro atoms. The molecule has 1 aromatic carbocycles. The lowest BCUT2D eigenvalue weighted by Crippen LogP contribution is -2.61. The highest BCUT2D eigenvalue weighted by atomic mass is 32.2. The van der Waals surface area contributed by atoms with Crippen LogP contribution in [0.3, 0.4) is 0 Å². The average molecular weight is 353 g/mol. The third-order valence-corrected chi connectivity index (χ3v) is 5.48. The van der Waals surface area contributed by atoms with Gasteiger partial charge in [0.25, 0.3) is 0 Å². The van der Waals surface area contributed by atoms with Crippen molar-refractivity contribution in [2.75, 3.05) is 12.0 Å². The van der Waals surface area contributed by atoms with Crippen LogP contribution < -0.4 is 0 Å². The van der Waals surface area contributed by atoms with Gasteiger partial charge in [-0.25, -0.2) is 13.2 Å². The molecular formula is C18H27NO4S. The first kappa shape index (κ1) is 18.9. The van der Waals surface area contributed by atoms with Crippen molar-refractivity contribution in [2.45, 2.75) is 51.6 Å². The van der Waals surface area contributed by atoms with E-state index < -0.39 is 26.9 Å². The largest absolute Gasteiger partial charge is 0.363 e. The van der Waals surface area contributed by atoms with E-state index in [0.29, 0.717) is 18.4 Å². The Hall–Kier alpha value is -1.40. The average Bonchev–Trinajstić information content (AvgIpc) is 2.40. The summed E-state index contributed by atoms with van der Waals surface area (Å²) in [6, 6.07) is 8.88. The summed E-state index contributed by atoms with van der Waals surface area (Å²) in [4.78, 5) is 18.2. The van der Waals surface area contributed by atoms with Crippen LogP contribution in [0.2, 0.25) is 0 Å². The molecule has 0 bridgehead atoms. The van der Waals surface area contributed by atoms with Crippen molar-refractivity contribution in [3.63, 3.8) is 0 Å². The lowest BCUT2D eigenvalue weighted by molar-refractivity contribution is -0.248. The van der Waals surface area contributed by atoms with E-state index in [9.17, 15) is 13.2 Å². The maximum absolute atomic E-state index is 12.4. The van der Waals surface area contributed by atoms with Crippen molar-refractivity contribution in [1.82, 2.24) is 5.06 Å². The molecule has 1 heterocycles. The third kappa shape index (κ3) is 4.57. The Morgan fingerprint density at radius 2 is 1.62 bits per heavy atom. The first-order chi connectivity index (χ1) is 10.9. The Balaban J connectivity index is 2.20. The molecule has 1 aliphatic heterocycles. The maximum Gasteiger partial charge on any atom is 0.357 e. The van der Waals surface area contributed by atoms with Crippen molar-refractivity contribution in [2.24, 2.45) is 5.92 Å². The van der Waals surface area contributed by atoms with Crippen molar-refractivity contribution >= 4 is 15.8 Å². The molecule has 1 aliphatic rings. The second kappa shape index (κ2) is 6.48. The second-order valence-corrected chi connectivity index (χ2v) is 10.2. The lowest BCUT2D eigenvalue weighted by atomic mass is 9.76. The molecule has 6 heteroatoms. The summed E-state index contributed by atoms with van der Waals surface area (Å²) in [5.41, 5.74) is -0.384. The second-order valence-electron chi connectivity index (χ2n) is 8.03. The number of piperidine rings is 1. The monoisotopic (exact) mass is 353 g/mol. The molecule has 0 atom stereocenters. The van der Waals surface area contributed by atoms with Gasteiger partial charge in [0, 0.05) is 6.26 Å². The molecule has 0 aliphatic carbocycles. The van der Waals surface area contributed by atoms with Crippen LogP contribution in [0, 0.1) is 5.92 Å². The smallest absolute Gasteiger partial charge is 0.357 e. The maximum atomic E-state index is 12.4. The minimum Gasteiger partial charge on any atom is -0.363 e. The van der Waals surface area contributed by atoms with Crippen molar-refractivity contribution in [1.29, 1.82) is 0 Å². The highest BCUT2D eigenvalue weighted by Gasteiger charge is 2.48. The van der Waals surface area contributed by atoms with Gasteiger partial charge in [0.1, 0.15) is 9.84 Å². The summed E-state index contributed by atoms with van der Waals surface area (Å²) in [7, 11) is -3.03. The SMILES string of the molecule is CC1(C)CC(CS(C)(=O)=O)CC(C)(C)N1OC(=O)c1ccccc1. The Labute approximate surface area is 144 Å². The zero-order valence-corrected chi connectivity index (χ0v) is 15.9. The van der Waals surface area contributed by atoms with Crippen LogP contribution in [0.4, 0.5) is 0 Å². The minimum absolute atomic E-state index is 0.0525. The highest BCUT2D eigenvalue weighted by Crippen LogP contribution is 2.42. The summed E-state index contributed by atoms with van der Waals surface area (Å²) >= 11 is 0. The molecule has 0 N–H and O–H groups in total. The van der Waals surface area contributed by atoms with Gasteiger partial charge in [-0.3, -0.25) is 0 Å². The van der Waals surface area contributed by atoms with E-state index in [1.54, 1.807) is 29.3 Å². The van der Waals surface area contributed by atoms with E-state index in [1.165, 1.54) is 6.26 Å². The van der Waals surface area contributed by atoms with Crippen LogP contribution in [0.1, 0.15) is 50.9 Å². The van der Waals surface area contributed by atoms with E-state index in [0.717, 1.165) is 0 Å². The standard InChI is InChI=1S/C18H27NO4S/c1-17(2)11-14(13-24(5,21)22)12-18(3,4)19(17)23-16(20)15-9-7-6-8-10-15/h6-10,14H,11-13H2,1-5H3. The number of hydroxylamine groups is 2. The third-order valence-electron chi connectivity index (χ3n) is 4.40. The van der Waals surface area contributed by atoms with Crippen LogP contribution in [0.25, 0.3) is 0 Å². The van der Waals surface area contributed by atoms with E-state index in [4.69, 9.17) is 4.84 Å². The summed E-state index contributed by atoms with van der Waals surface area (Å²) in [5.74, 6) is -0.171. The molecule has 0 unspecified atom stereocenters. The number of carbonyl (C=O) groups is 1. The Kier molecular flexibility index (Phi) is 5.11. The molecule has 0 amide bonds. The molecule has 0 aromatic heterocycles. The normalized spacial score (nSPS) is 21.4. The summed E-state index contributed by atoms with van der Waals surface area (Å²) < 4.78 is 23.3. The topological polar surface area (TPSA) is 63.7 Å². The molecule has 1 aromatic rings. The molecule has 1 saturated heterocycles. The molecule has 0 radical (unpaired) electrons. The van der Waals surface area contributed by atoms with Crippen LogP contribution in [0.15, 0.2) is 30.3 Å². The zero-order valence-electron chi connectivity index (χ0n) is 15.1. The van der Waals surface area contributed by atoms with Crippen LogP contribution >= 0.6 is 0 Å². The first-order valence-corrected chi connectivity index (χ1v) is 10.2. The van der Waals surface area contributed by atoms with Gasteiger partial charge in [-0.2, -0.15) is 0 Å². The van der Waals surface area contributed by atoms with Gasteiger partial charge >= 0.3 is 5.97 Å². The Bertz CT molecular complexity index is 677. The fourth-order valence-corrected chi connectivity index (χ4v) is 5.07. The predicted molar refractivity (Wildman–Crippen MR) is 94.3 cm³/mol. The summed E-state index contributed by atoms with van der Waals surface area (Å²) in [5, 5.41) is 1.74. The van der Waals surface area contributed by atoms with Crippen LogP contribution in [0.5, 0.6) is 0 Å². The number of sulfone groups is 1. The number of carbonyl (C=O) groups excluding carboxylic acids is 1. The van der Waals surface area contributed by atoms with Gasteiger partial charge in [0.2, 0.25) is 0 Å². The van der Waals surface area contributed by atoms with Crippen molar-refractivity contribution in [3.8, 4) is 0 Å². The first-order valence-electron chi connectivity index (χ1n) is 8.16. The number of benzene rings is 1. The molecule has 1 fully saturated rings. The fraction of sp³-hybridized carbons (Fsp3) is 0.611. The van der Waals surface area contributed by atoms with Crippen LogP contribution in [-0.2, 0) is 14.7 Å². The van der Waals surface area contributed by atoms with E-state index in [2.05, 4.69) is 0 Å². The fourth-order valence-electron chi connectivity index (χ4n) is 3.97. The Morgan fingerprint density at radius 3 is 2.08 bits per heavy atom. The van der Waals surface area contributed by atoms with Gasteiger partial charge in [-0.05, 0) is 58.6 Å². The van der Waals surface area contributed by atoms with Crippen molar-refractivity contribution < 1.29 is 18.0 Å². The molecule has 5 nitrogen and oxygen atoms in total. The quantitative estimate of drug-likeness (QED) is 0.832. The zero-order chi connectivity index (χ0) is 18.2. The van der Waals surface area contributed by atoms with E-state index >= 15 is 0 Å². The molecule has 0 saturated carbocycles. The number of hydrogen-bond donors (Lipinski definition) is 0. The van der Waals surface area contributed by atoms with E-state index in [-0.39, 0.29) is 11.7 Å². The van der Waals surface area contributed by atoms with Crippen molar-refractivity contribution in [3.05, 3.63) is 35.9 Å². The molecular weight excluding hydrogens is 326 g/mol. The molecule has 24 heavy (non-hydrogen) atoms. The minimum atomic E-state index is -3.03. The Morgan fingerprint density at radius 1 is 1.12 bits per heavy atom. The van der Waals surface area contributed by atoms with Gasteiger partial charge in [-0.15, -0.1) is 5.06 Å². The number of nitrogens with zero attached hydrogens (tertiary/aromatic N) is 1. The van der Waals surface area contributed by atoms with E-state index in [1.807, 2.05) is 33.8 Å². The molecule has 2 rings (SSSR count). The van der Waals surface area contributed by atoms with Gasteiger partial charge in [-0.1, -0.05) is 18.2 Å². The molecule has 134 valence electrons. The van der Waals surface area contributed by atoms with Crippen LogP contribution in [-0.4, -0.2) is 42.5 Å². The van der Waals surface area contributed by atoms with Gasteiger partial charge in [0.15, 0.2) is 0 Å². The number of hydrogen-bond acceptors (Lipinski definition) is 5. The summed E-state index contributed by atoms with van der Waals surface area (Å²) in [6.45, 7) is 7.95. The van der Waals surface area contributed by atoms with Gasteiger partial charge in [0.05, 0.1) is 22.4 Å². The summed E-state index contributed by atoms with van der Waals surface area (Å²) in [6.07, 6.45) is 2.59. The van der Waals surface area contributed by atoms with Gasteiger partial charge < -0.3 is 4.84 Å². The lowest BCUT2D eigenvalue weighted by Gasteiger charge is -2.52.